The Morgan fingerprint density at radius 3 is 2.77 bits per heavy atom. The van der Waals surface area contributed by atoms with Crippen LogP contribution in [0.3, 0.4) is 0 Å². The minimum atomic E-state index is 0.439. The van der Waals surface area contributed by atoms with Crippen molar-refractivity contribution < 1.29 is 0 Å². The monoisotopic (exact) mass is 346 g/mol. The molecular weight excluding hydrogens is 320 g/mol. The second-order valence-corrected chi connectivity index (χ2v) is 7.05. The zero-order valence-corrected chi connectivity index (χ0v) is 15.4. The highest BCUT2D eigenvalue weighted by Crippen LogP contribution is 2.31. The Labute approximate surface area is 155 Å². The molecule has 1 aliphatic rings. The molecule has 0 radical (unpaired) electrons. The minimum absolute atomic E-state index is 0.439. The van der Waals surface area contributed by atoms with Crippen molar-refractivity contribution >= 4 is 0 Å². The number of rotatable bonds is 6. The van der Waals surface area contributed by atoms with Crippen LogP contribution in [0, 0.1) is 6.92 Å². The third kappa shape index (κ3) is 3.70. The molecule has 0 bridgehead atoms. The predicted octanol–water partition coefficient (Wildman–Crippen LogP) is 4.35. The largest absolute Gasteiger partial charge is 0.295 e. The molecule has 4 nitrogen and oxygen atoms in total. The van der Waals surface area contributed by atoms with E-state index >= 15 is 0 Å². The summed E-state index contributed by atoms with van der Waals surface area (Å²) in [6.45, 7) is 4.32. The van der Waals surface area contributed by atoms with E-state index in [0.717, 1.165) is 24.6 Å². The SMILES string of the molecule is Cc1nccn1-c1cccc([C@H]2CCCN2CCCc2ccccc2)n1. The van der Waals surface area contributed by atoms with Gasteiger partial charge in [-0.3, -0.25) is 9.47 Å². The summed E-state index contributed by atoms with van der Waals surface area (Å²) in [6.07, 6.45) is 8.60. The van der Waals surface area contributed by atoms with Crippen LogP contribution in [0.25, 0.3) is 5.82 Å². The number of likely N-dealkylation sites (tertiary alicyclic amines) is 1. The summed E-state index contributed by atoms with van der Waals surface area (Å²) in [5, 5.41) is 0. The lowest BCUT2D eigenvalue weighted by Gasteiger charge is -2.24. The van der Waals surface area contributed by atoms with Crippen LogP contribution in [0.15, 0.2) is 60.9 Å². The zero-order chi connectivity index (χ0) is 17.8. The zero-order valence-electron chi connectivity index (χ0n) is 15.4. The van der Waals surface area contributed by atoms with Gasteiger partial charge in [-0.05, 0) is 63.4 Å². The van der Waals surface area contributed by atoms with Gasteiger partial charge in [0.2, 0.25) is 0 Å². The number of hydrogen-bond donors (Lipinski definition) is 0. The summed E-state index contributed by atoms with van der Waals surface area (Å²) < 4.78 is 2.05. The van der Waals surface area contributed by atoms with Crippen LogP contribution in [0.5, 0.6) is 0 Å². The van der Waals surface area contributed by atoms with Gasteiger partial charge in [0.05, 0.1) is 11.7 Å². The molecule has 3 aromatic rings. The summed E-state index contributed by atoms with van der Waals surface area (Å²) in [7, 11) is 0. The van der Waals surface area contributed by atoms with Crippen molar-refractivity contribution in [1.29, 1.82) is 0 Å². The molecule has 1 atom stereocenters. The number of benzene rings is 1. The molecule has 0 amide bonds. The number of imidazole rings is 1. The van der Waals surface area contributed by atoms with Crippen molar-refractivity contribution in [2.75, 3.05) is 13.1 Å². The van der Waals surface area contributed by atoms with Crippen LogP contribution in [0.2, 0.25) is 0 Å². The maximum atomic E-state index is 4.96. The first-order chi connectivity index (χ1) is 12.8. The molecule has 2 aromatic heterocycles. The van der Waals surface area contributed by atoms with Gasteiger partial charge in [0.15, 0.2) is 0 Å². The van der Waals surface area contributed by atoms with Crippen LogP contribution in [-0.2, 0) is 6.42 Å². The number of hydrogen-bond acceptors (Lipinski definition) is 3. The van der Waals surface area contributed by atoms with Crippen LogP contribution >= 0.6 is 0 Å². The molecule has 0 aliphatic carbocycles. The molecule has 1 aliphatic heterocycles. The molecule has 4 heteroatoms. The third-order valence-corrected chi connectivity index (χ3v) is 5.29. The first-order valence-electron chi connectivity index (χ1n) is 9.56. The maximum absolute atomic E-state index is 4.96. The molecule has 0 saturated carbocycles. The molecule has 1 saturated heterocycles. The summed E-state index contributed by atoms with van der Waals surface area (Å²) >= 11 is 0. The highest BCUT2D eigenvalue weighted by Gasteiger charge is 2.26. The Hall–Kier alpha value is -2.46. The molecular formula is C22H26N4. The Kier molecular flexibility index (Phi) is 5.12. The highest BCUT2D eigenvalue weighted by molar-refractivity contribution is 5.28. The topological polar surface area (TPSA) is 34.0 Å². The van der Waals surface area contributed by atoms with Crippen molar-refractivity contribution in [2.24, 2.45) is 0 Å². The fraction of sp³-hybridized carbons (Fsp3) is 0.364. The van der Waals surface area contributed by atoms with E-state index in [4.69, 9.17) is 4.98 Å². The average Bonchev–Trinajstić information content (AvgIpc) is 3.32. The van der Waals surface area contributed by atoms with Crippen molar-refractivity contribution in [2.45, 2.75) is 38.6 Å². The Bertz CT molecular complexity index is 840. The van der Waals surface area contributed by atoms with E-state index < -0.39 is 0 Å². The summed E-state index contributed by atoms with van der Waals surface area (Å²) in [4.78, 5) is 11.9. The lowest BCUT2D eigenvalue weighted by Crippen LogP contribution is -2.25. The van der Waals surface area contributed by atoms with E-state index in [1.54, 1.807) is 0 Å². The fourth-order valence-electron chi connectivity index (χ4n) is 3.94. The first-order valence-corrected chi connectivity index (χ1v) is 9.56. The van der Waals surface area contributed by atoms with E-state index in [9.17, 15) is 0 Å². The van der Waals surface area contributed by atoms with E-state index in [1.165, 1.54) is 37.1 Å². The number of aryl methyl sites for hydroxylation is 2. The molecule has 0 N–H and O–H groups in total. The van der Waals surface area contributed by atoms with Gasteiger partial charge in [-0.1, -0.05) is 36.4 Å². The van der Waals surface area contributed by atoms with Gasteiger partial charge in [0, 0.05) is 12.4 Å². The Morgan fingerprint density at radius 2 is 1.96 bits per heavy atom. The van der Waals surface area contributed by atoms with Crippen molar-refractivity contribution in [3.8, 4) is 5.82 Å². The van der Waals surface area contributed by atoms with Gasteiger partial charge in [0.1, 0.15) is 11.6 Å². The maximum Gasteiger partial charge on any atom is 0.138 e. The second kappa shape index (κ2) is 7.83. The van der Waals surface area contributed by atoms with Gasteiger partial charge in [-0.2, -0.15) is 0 Å². The lowest BCUT2D eigenvalue weighted by atomic mass is 10.1. The Balaban J connectivity index is 1.44. The van der Waals surface area contributed by atoms with Gasteiger partial charge in [-0.25, -0.2) is 9.97 Å². The third-order valence-electron chi connectivity index (χ3n) is 5.29. The highest BCUT2D eigenvalue weighted by atomic mass is 15.2. The summed E-state index contributed by atoms with van der Waals surface area (Å²) in [6, 6.07) is 17.6. The molecule has 4 rings (SSSR count). The normalized spacial score (nSPS) is 17.7. The van der Waals surface area contributed by atoms with Crippen molar-refractivity contribution in [3.63, 3.8) is 0 Å². The number of aromatic nitrogens is 3. The lowest BCUT2D eigenvalue weighted by molar-refractivity contribution is 0.250. The number of pyridine rings is 1. The molecule has 3 heterocycles. The summed E-state index contributed by atoms with van der Waals surface area (Å²) in [5.74, 6) is 1.94. The van der Waals surface area contributed by atoms with E-state index in [0.29, 0.717) is 6.04 Å². The van der Waals surface area contributed by atoms with Gasteiger partial charge >= 0.3 is 0 Å². The second-order valence-electron chi connectivity index (χ2n) is 7.05. The van der Waals surface area contributed by atoms with E-state index in [2.05, 4.69) is 63.0 Å². The molecule has 1 aromatic carbocycles. The smallest absolute Gasteiger partial charge is 0.138 e. The van der Waals surface area contributed by atoms with Gasteiger partial charge in [-0.15, -0.1) is 0 Å². The Morgan fingerprint density at radius 1 is 1.08 bits per heavy atom. The molecule has 26 heavy (non-hydrogen) atoms. The molecule has 1 fully saturated rings. The van der Waals surface area contributed by atoms with E-state index in [-0.39, 0.29) is 0 Å². The van der Waals surface area contributed by atoms with Crippen LogP contribution in [0.1, 0.15) is 42.4 Å². The van der Waals surface area contributed by atoms with Gasteiger partial charge < -0.3 is 0 Å². The van der Waals surface area contributed by atoms with Crippen molar-refractivity contribution in [1.82, 2.24) is 19.4 Å². The predicted molar refractivity (Wildman–Crippen MR) is 104 cm³/mol. The summed E-state index contributed by atoms with van der Waals surface area (Å²) in [5.41, 5.74) is 2.62. The van der Waals surface area contributed by atoms with E-state index in [1.807, 2.05) is 19.3 Å². The minimum Gasteiger partial charge on any atom is -0.295 e. The molecule has 0 unspecified atom stereocenters. The standard InChI is InChI=1S/C22H26N4/c1-18-23-14-17-26(18)22-13-5-11-20(24-22)21-12-7-16-25(21)15-6-10-19-8-3-2-4-9-19/h2-5,8-9,11,13-14,17,21H,6-7,10,12,15-16H2,1H3/t21-/m1/s1. The molecule has 134 valence electrons. The quantitative estimate of drug-likeness (QED) is 0.665. The van der Waals surface area contributed by atoms with Gasteiger partial charge in [0.25, 0.3) is 0 Å². The number of nitrogens with zero attached hydrogens (tertiary/aromatic N) is 4. The van der Waals surface area contributed by atoms with Crippen LogP contribution in [0.4, 0.5) is 0 Å². The van der Waals surface area contributed by atoms with Crippen molar-refractivity contribution in [3.05, 3.63) is 78.0 Å². The molecule has 0 spiro atoms. The van der Waals surface area contributed by atoms with Crippen LogP contribution in [-0.4, -0.2) is 32.5 Å². The van der Waals surface area contributed by atoms with Crippen LogP contribution < -0.4 is 0 Å². The first kappa shape index (κ1) is 17.0. The average molecular weight is 346 g/mol. The fourth-order valence-corrected chi connectivity index (χ4v) is 3.94.